The maximum Gasteiger partial charge on any atom is 0.246 e. The minimum atomic E-state index is -3.99. The molecule has 1 saturated heterocycles. The van der Waals surface area contributed by atoms with E-state index in [9.17, 15) is 30.0 Å². The first-order valence-corrected chi connectivity index (χ1v) is 15.4. The third-order valence-corrected chi connectivity index (χ3v) is 9.09. The lowest BCUT2D eigenvalue weighted by Crippen LogP contribution is -2.47. The van der Waals surface area contributed by atoms with E-state index in [1.54, 1.807) is 6.07 Å². The lowest BCUT2D eigenvalue weighted by Gasteiger charge is -2.26. The van der Waals surface area contributed by atoms with Crippen molar-refractivity contribution in [1.29, 1.82) is 0 Å². The van der Waals surface area contributed by atoms with Crippen molar-refractivity contribution in [2.24, 2.45) is 0 Å². The van der Waals surface area contributed by atoms with E-state index >= 15 is 0 Å². The van der Waals surface area contributed by atoms with Crippen LogP contribution in [0.2, 0.25) is 0 Å². The first-order chi connectivity index (χ1) is 18.5. The van der Waals surface area contributed by atoms with Crippen molar-refractivity contribution in [3.05, 3.63) is 87.8 Å². The van der Waals surface area contributed by atoms with E-state index in [1.165, 1.54) is 34.0 Å². The van der Waals surface area contributed by atoms with E-state index in [-0.39, 0.29) is 29.1 Å². The highest BCUT2D eigenvalue weighted by molar-refractivity contribution is 7.92. The highest BCUT2D eigenvalue weighted by atomic mass is 32.2. The fourth-order valence-electron chi connectivity index (χ4n) is 4.81. The van der Waals surface area contributed by atoms with Crippen molar-refractivity contribution in [2.45, 2.75) is 18.1 Å². The van der Waals surface area contributed by atoms with Crippen LogP contribution in [0.5, 0.6) is 0 Å². The molecule has 1 atom stereocenters. The molecular weight excluding hydrogens is 557 g/mol. The van der Waals surface area contributed by atoms with Gasteiger partial charge in [0.1, 0.15) is 17.3 Å². The zero-order chi connectivity index (χ0) is 27.8. The van der Waals surface area contributed by atoms with Gasteiger partial charge in [-0.3, -0.25) is 0 Å². The van der Waals surface area contributed by atoms with Gasteiger partial charge in [0.2, 0.25) is 10.0 Å². The summed E-state index contributed by atoms with van der Waals surface area (Å²) < 4.78 is 100. The second kappa shape index (κ2) is 10.8. The Balaban J connectivity index is 1.60. The zero-order valence-electron chi connectivity index (χ0n) is 20.6. The van der Waals surface area contributed by atoms with Crippen LogP contribution in [0.1, 0.15) is 28.4 Å². The van der Waals surface area contributed by atoms with E-state index in [1.807, 2.05) is 0 Å². The SMILES string of the molecule is O=S1(=O)Cc2c(C=CS(=O)(=O)NN3CCOCC3)nn(-c3ccc(F)cc3F)c2C(Cc2cccc(F)c2)C1. The summed E-state index contributed by atoms with van der Waals surface area (Å²) in [6.45, 7) is 1.41. The molecule has 9 nitrogen and oxygen atoms in total. The van der Waals surface area contributed by atoms with Crippen LogP contribution in [-0.2, 0) is 36.8 Å². The predicted molar refractivity (Wildman–Crippen MR) is 137 cm³/mol. The Labute approximate surface area is 223 Å². The number of nitrogens with one attached hydrogen (secondary N) is 1. The Morgan fingerprint density at radius 3 is 2.54 bits per heavy atom. The highest BCUT2D eigenvalue weighted by Gasteiger charge is 2.36. The van der Waals surface area contributed by atoms with E-state index in [2.05, 4.69) is 9.93 Å². The molecule has 39 heavy (non-hydrogen) atoms. The molecule has 0 bridgehead atoms. The maximum atomic E-state index is 14.9. The van der Waals surface area contributed by atoms with Crippen molar-refractivity contribution < 1.29 is 34.7 Å². The number of benzene rings is 2. The Kier molecular flexibility index (Phi) is 7.66. The van der Waals surface area contributed by atoms with Crippen LogP contribution in [0.4, 0.5) is 13.2 Å². The standard InChI is InChI=1S/C25H25F3N4O5S2/c26-19-3-1-2-17(13-19)12-18-15-38(33,34)16-21-23(6-11-39(35,36)30-31-7-9-37-10-8-31)29-32(25(18)21)24-5-4-20(27)14-22(24)28/h1-6,11,13-14,18,30H,7-10,12,15-16H2. The molecular formula is C25H25F3N4O5S2. The van der Waals surface area contributed by atoms with Crippen LogP contribution in [0.15, 0.2) is 47.9 Å². The molecule has 1 aromatic heterocycles. The number of hydrazine groups is 1. The van der Waals surface area contributed by atoms with Gasteiger partial charge in [0, 0.05) is 36.0 Å². The highest BCUT2D eigenvalue weighted by Crippen LogP contribution is 2.37. The average molecular weight is 583 g/mol. The number of fused-ring (bicyclic) bond motifs is 1. The molecule has 3 heterocycles. The first-order valence-electron chi connectivity index (χ1n) is 12.0. The molecule has 0 aliphatic carbocycles. The molecule has 2 aliphatic rings. The molecule has 3 aromatic rings. The van der Waals surface area contributed by atoms with E-state index in [4.69, 9.17) is 4.74 Å². The largest absolute Gasteiger partial charge is 0.379 e. The Bertz CT molecular complexity index is 1630. The number of sulfone groups is 1. The molecule has 0 spiro atoms. The number of aromatic nitrogens is 2. The van der Waals surface area contributed by atoms with Crippen LogP contribution in [0, 0.1) is 17.5 Å². The molecule has 2 aliphatic heterocycles. The molecule has 1 fully saturated rings. The van der Waals surface area contributed by atoms with E-state index in [0.717, 1.165) is 17.6 Å². The Morgan fingerprint density at radius 1 is 1.08 bits per heavy atom. The Morgan fingerprint density at radius 2 is 1.82 bits per heavy atom. The molecule has 1 unspecified atom stereocenters. The summed E-state index contributed by atoms with van der Waals surface area (Å²) in [7, 11) is -7.68. The number of hydrogen-bond acceptors (Lipinski definition) is 7. The van der Waals surface area contributed by atoms with E-state index < -0.39 is 49.0 Å². The van der Waals surface area contributed by atoms with Crippen LogP contribution in [0.3, 0.4) is 0 Å². The fourth-order valence-corrected chi connectivity index (χ4v) is 7.46. The minimum Gasteiger partial charge on any atom is -0.379 e. The fraction of sp³-hybridized carbons (Fsp3) is 0.320. The van der Waals surface area contributed by atoms with Crippen molar-refractivity contribution in [2.75, 3.05) is 32.1 Å². The summed E-state index contributed by atoms with van der Waals surface area (Å²) in [5, 5.41) is 6.72. The monoisotopic (exact) mass is 582 g/mol. The van der Waals surface area contributed by atoms with Gasteiger partial charge in [0.15, 0.2) is 15.7 Å². The Hall–Kier alpha value is -3.04. The lowest BCUT2D eigenvalue weighted by atomic mass is 9.94. The number of nitrogens with zero attached hydrogens (tertiary/aromatic N) is 3. The third-order valence-electron chi connectivity index (χ3n) is 6.44. The van der Waals surface area contributed by atoms with Gasteiger partial charge >= 0.3 is 0 Å². The molecule has 1 N–H and O–H groups in total. The predicted octanol–water partition coefficient (Wildman–Crippen LogP) is 2.68. The van der Waals surface area contributed by atoms with Crippen LogP contribution in [-0.4, -0.2) is 63.7 Å². The number of hydrogen-bond donors (Lipinski definition) is 1. The van der Waals surface area contributed by atoms with Gasteiger partial charge in [-0.25, -0.2) is 39.7 Å². The van der Waals surface area contributed by atoms with Gasteiger partial charge in [-0.05, 0) is 42.3 Å². The van der Waals surface area contributed by atoms with Crippen molar-refractivity contribution in [3.8, 4) is 5.69 Å². The lowest BCUT2D eigenvalue weighted by molar-refractivity contribution is 0.0274. The second-order valence-electron chi connectivity index (χ2n) is 9.38. The normalized spacial score (nSPS) is 19.8. The van der Waals surface area contributed by atoms with Crippen molar-refractivity contribution in [3.63, 3.8) is 0 Å². The molecule has 208 valence electrons. The van der Waals surface area contributed by atoms with Crippen LogP contribution in [0.25, 0.3) is 11.8 Å². The number of rotatable bonds is 7. The zero-order valence-corrected chi connectivity index (χ0v) is 22.2. The summed E-state index contributed by atoms with van der Waals surface area (Å²) in [6.07, 6.45) is 1.25. The van der Waals surface area contributed by atoms with E-state index in [0.29, 0.717) is 43.6 Å². The topological polar surface area (TPSA) is 111 Å². The number of morpholine rings is 1. The minimum absolute atomic E-state index is 0.00796. The molecule has 0 radical (unpaired) electrons. The summed E-state index contributed by atoms with van der Waals surface area (Å²) in [5.41, 5.74) is 0.922. The van der Waals surface area contributed by atoms with Crippen molar-refractivity contribution >= 4 is 25.9 Å². The smallest absolute Gasteiger partial charge is 0.246 e. The molecule has 0 amide bonds. The summed E-state index contributed by atoms with van der Waals surface area (Å²) in [6, 6.07) is 8.58. The average Bonchev–Trinajstić information content (AvgIpc) is 3.20. The molecule has 0 saturated carbocycles. The van der Waals surface area contributed by atoms with Gasteiger partial charge in [0.05, 0.1) is 36.1 Å². The third kappa shape index (κ3) is 6.41. The number of ether oxygens (including phenoxy) is 1. The van der Waals surface area contributed by atoms with Gasteiger partial charge in [-0.1, -0.05) is 12.1 Å². The molecule has 5 rings (SSSR count). The maximum absolute atomic E-state index is 14.9. The second-order valence-corrected chi connectivity index (χ2v) is 13.0. The number of sulfonamides is 1. The summed E-state index contributed by atoms with van der Waals surface area (Å²) in [4.78, 5) is 2.41. The number of halogens is 3. The van der Waals surface area contributed by atoms with Crippen LogP contribution < -0.4 is 4.83 Å². The first kappa shape index (κ1) is 27.5. The van der Waals surface area contributed by atoms with Crippen LogP contribution >= 0.6 is 0 Å². The van der Waals surface area contributed by atoms with Crippen molar-refractivity contribution in [1.82, 2.24) is 19.6 Å². The van der Waals surface area contributed by atoms with Gasteiger partial charge < -0.3 is 4.74 Å². The van der Waals surface area contributed by atoms with Gasteiger partial charge in [-0.15, -0.1) is 4.83 Å². The van der Waals surface area contributed by atoms with Gasteiger partial charge in [0.25, 0.3) is 0 Å². The summed E-state index contributed by atoms with van der Waals surface area (Å²) >= 11 is 0. The van der Waals surface area contributed by atoms with Gasteiger partial charge in [-0.2, -0.15) is 5.10 Å². The molecule has 14 heteroatoms. The summed E-state index contributed by atoms with van der Waals surface area (Å²) in [5.74, 6) is -3.77. The quantitative estimate of drug-likeness (QED) is 0.456. The molecule has 2 aromatic carbocycles.